The van der Waals surface area contributed by atoms with E-state index in [9.17, 15) is 0 Å². The number of allylic oxidation sites excluding steroid dienone is 2. The van der Waals surface area contributed by atoms with Gasteiger partial charge < -0.3 is 9.47 Å². The molecule has 0 N–H and O–H groups in total. The predicted molar refractivity (Wildman–Crippen MR) is 251 cm³/mol. The summed E-state index contributed by atoms with van der Waals surface area (Å²) in [5.41, 5.74) is 15.3. The van der Waals surface area contributed by atoms with Crippen molar-refractivity contribution in [2.45, 2.75) is 6.92 Å². The van der Waals surface area contributed by atoms with Gasteiger partial charge in [-0.05, 0) is 94.0 Å². The average molecular weight is 761 g/mol. The Morgan fingerprint density at radius 1 is 0.517 bits per heavy atom. The maximum absolute atomic E-state index is 3.97. The molecular formula is C55H40N2S. The molecule has 10 rings (SSSR count). The van der Waals surface area contributed by atoms with Crippen molar-refractivity contribution in [1.29, 1.82) is 0 Å². The number of anilines is 3. The molecule has 2 aromatic heterocycles. The zero-order chi connectivity index (χ0) is 39.0. The number of aromatic nitrogens is 1. The number of fused-ring (bicyclic) bond motifs is 4. The Kier molecular flexibility index (Phi) is 9.14. The van der Waals surface area contributed by atoms with E-state index >= 15 is 0 Å². The molecule has 0 saturated heterocycles. The fraction of sp³-hybridized carbons (Fsp3) is 0.0182. The first-order valence-corrected chi connectivity index (χ1v) is 20.5. The van der Waals surface area contributed by atoms with Crippen LogP contribution in [0.4, 0.5) is 17.1 Å². The van der Waals surface area contributed by atoms with E-state index in [1.807, 2.05) is 23.5 Å². The number of para-hydroxylation sites is 2. The molecule has 2 heterocycles. The molecule has 0 aliphatic heterocycles. The van der Waals surface area contributed by atoms with E-state index in [-0.39, 0.29) is 0 Å². The first kappa shape index (κ1) is 35.2. The molecule has 8 aromatic carbocycles. The van der Waals surface area contributed by atoms with Crippen LogP contribution in [0.1, 0.15) is 11.3 Å². The van der Waals surface area contributed by atoms with Crippen LogP contribution in [0.3, 0.4) is 0 Å². The van der Waals surface area contributed by atoms with Gasteiger partial charge >= 0.3 is 0 Å². The normalized spacial score (nSPS) is 11.5. The van der Waals surface area contributed by atoms with Gasteiger partial charge in [-0.15, -0.1) is 11.3 Å². The summed E-state index contributed by atoms with van der Waals surface area (Å²) in [6, 6.07) is 70.2. The van der Waals surface area contributed by atoms with Crippen LogP contribution in [0.2, 0.25) is 0 Å². The highest BCUT2D eigenvalue weighted by atomic mass is 32.1. The Labute approximate surface area is 343 Å². The third kappa shape index (κ3) is 6.23. The summed E-state index contributed by atoms with van der Waals surface area (Å²) in [6.45, 7) is 6.19. The van der Waals surface area contributed by atoms with Crippen LogP contribution < -0.4 is 4.90 Å². The average Bonchev–Trinajstić information content (AvgIpc) is 3.79. The van der Waals surface area contributed by atoms with E-state index < -0.39 is 0 Å². The quantitative estimate of drug-likeness (QED) is 0.133. The number of nitrogens with zero attached hydrogens (tertiary/aromatic N) is 2. The van der Waals surface area contributed by atoms with Gasteiger partial charge in [-0.3, -0.25) is 0 Å². The largest absolute Gasteiger partial charge is 0.312 e. The lowest BCUT2D eigenvalue weighted by Gasteiger charge is -2.28. The number of benzene rings is 8. The van der Waals surface area contributed by atoms with Gasteiger partial charge in [-0.1, -0.05) is 170 Å². The summed E-state index contributed by atoms with van der Waals surface area (Å²) in [6.07, 6.45) is 6.10. The van der Waals surface area contributed by atoms with Crippen LogP contribution in [0.5, 0.6) is 0 Å². The summed E-state index contributed by atoms with van der Waals surface area (Å²) in [5.74, 6) is 0. The van der Waals surface area contributed by atoms with E-state index in [2.05, 4.69) is 223 Å². The minimum absolute atomic E-state index is 1.09. The van der Waals surface area contributed by atoms with Gasteiger partial charge in [0, 0.05) is 44.0 Å². The zero-order valence-electron chi connectivity index (χ0n) is 32.2. The van der Waals surface area contributed by atoms with Crippen molar-refractivity contribution >= 4 is 65.6 Å². The van der Waals surface area contributed by atoms with Crippen molar-refractivity contribution in [2.24, 2.45) is 0 Å². The lowest BCUT2D eigenvalue weighted by molar-refractivity contribution is 1.05. The van der Waals surface area contributed by atoms with Crippen LogP contribution in [0.15, 0.2) is 213 Å². The first-order valence-electron chi connectivity index (χ1n) is 19.7. The van der Waals surface area contributed by atoms with Gasteiger partial charge in [0.25, 0.3) is 0 Å². The fourth-order valence-electron chi connectivity index (χ4n) is 8.39. The molecule has 0 fully saturated rings. The van der Waals surface area contributed by atoms with E-state index in [4.69, 9.17) is 0 Å². The monoisotopic (exact) mass is 760 g/mol. The summed E-state index contributed by atoms with van der Waals surface area (Å²) in [4.78, 5) is 2.41. The van der Waals surface area contributed by atoms with Crippen LogP contribution in [0.25, 0.3) is 76.2 Å². The van der Waals surface area contributed by atoms with Crippen molar-refractivity contribution in [3.05, 3.63) is 224 Å². The molecule has 0 atom stereocenters. The number of thiophene rings is 1. The van der Waals surface area contributed by atoms with Gasteiger partial charge in [-0.25, -0.2) is 0 Å². The zero-order valence-corrected chi connectivity index (χ0v) is 33.0. The molecule has 276 valence electrons. The molecule has 0 unspecified atom stereocenters. The fourth-order valence-corrected chi connectivity index (χ4v) is 9.79. The molecule has 0 saturated carbocycles. The second-order valence-corrected chi connectivity index (χ2v) is 15.6. The molecule has 58 heavy (non-hydrogen) atoms. The molecule has 3 heteroatoms. The predicted octanol–water partition coefficient (Wildman–Crippen LogP) is 16.0. The highest BCUT2D eigenvalue weighted by molar-refractivity contribution is 7.26. The number of rotatable bonds is 9. The summed E-state index contributed by atoms with van der Waals surface area (Å²) in [7, 11) is 0. The molecule has 0 aliphatic carbocycles. The maximum atomic E-state index is 3.97. The molecule has 0 aliphatic rings. The van der Waals surface area contributed by atoms with Crippen molar-refractivity contribution < 1.29 is 0 Å². The van der Waals surface area contributed by atoms with Gasteiger partial charge in [-0.2, -0.15) is 0 Å². The molecule has 0 amide bonds. The third-order valence-electron chi connectivity index (χ3n) is 11.1. The Hall–Kier alpha value is -7.20. The van der Waals surface area contributed by atoms with E-state index in [1.54, 1.807) is 0 Å². The third-order valence-corrected chi connectivity index (χ3v) is 12.4. The molecule has 0 spiro atoms. The van der Waals surface area contributed by atoms with E-state index in [0.717, 1.165) is 22.7 Å². The molecule has 0 radical (unpaired) electrons. The van der Waals surface area contributed by atoms with Gasteiger partial charge in [0.15, 0.2) is 0 Å². The maximum Gasteiger partial charge on any atom is 0.0724 e. The highest BCUT2D eigenvalue weighted by Crippen LogP contribution is 2.47. The minimum atomic E-state index is 1.09. The Bertz CT molecular complexity index is 3130. The topological polar surface area (TPSA) is 8.17 Å². The van der Waals surface area contributed by atoms with Gasteiger partial charge in [0.2, 0.25) is 0 Å². The molecular weight excluding hydrogens is 721 g/mol. The van der Waals surface area contributed by atoms with Gasteiger partial charge in [0.05, 0.1) is 15.9 Å². The van der Waals surface area contributed by atoms with Crippen LogP contribution in [0, 0.1) is 6.92 Å². The van der Waals surface area contributed by atoms with E-state index in [1.165, 1.54) is 75.7 Å². The van der Waals surface area contributed by atoms with Crippen molar-refractivity contribution in [3.8, 4) is 39.1 Å². The second kappa shape index (κ2) is 15.0. The lowest BCUT2D eigenvalue weighted by atomic mass is 9.99. The Balaban J connectivity index is 1.14. The Morgan fingerprint density at radius 3 is 2.00 bits per heavy atom. The Morgan fingerprint density at radius 2 is 1.19 bits per heavy atom. The molecule has 2 nitrogen and oxygen atoms in total. The van der Waals surface area contributed by atoms with Crippen molar-refractivity contribution in [2.75, 3.05) is 4.90 Å². The lowest BCUT2D eigenvalue weighted by Crippen LogP contribution is -2.11. The number of hydrogen-bond acceptors (Lipinski definition) is 2. The minimum Gasteiger partial charge on any atom is -0.312 e. The van der Waals surface area contributed by atoms with Gasteiger partial charge in [0.1, 0.15) is 0 Å². The SMILES string of the molecule is C=C/C=C\c1c(C)n(-c2ccccc2)c2c1sc1c(-c3cccc(N(c4ccc(-c5ccc6ccccc6c5)cc4)c4ccccc4-c4ccccc4)c3)cccc12. The van der Waals surface area contributed by atoms with Crippen LogP contribution >= 0.6 is 11.3 Å². The smallest absolute Gasteiger partial charge is 0.0724 e. The highest BCUT2D eigenvalue weighted by Gasteiger charge is 2.22. The standard InChI is InChI=1S/C55H40N2S/c1-3-4-25-48-38(2)56(45-22-9-6-10-23-45)53-51-28-16-27-50(54(51)58-55(48)53)44-21-15-24-47(37-44)57(52-29-14-13-26-49(52)41-18-7-5-8-19-41)46-34-32-40(33-35-46)43-31-30-39-17-11-12-20-42(39)36-43/h3-37H,1H2,2H3/b25-4-. The number of hydrogen-bond donors (Lipinski definition) is 0. The van der Waals surface area contributed by atoms with Crippen LogP contribution in [-0.4, -0.2) is 4.57 Å². The summed E-state index contributed by atoms with van der Waals surface area (Å²) >= 11 is 1.88. The summed E-state index contributed by atoms with van der Waals surface area (Å²) in [5, 5.41) is 3.75. The molecule has 10 aromatic rings. The van der Waals surface area contributed by atoms with Crippen molar-refractivity contribution in [3.63, 3.8) is 0 Å². The summed E-state index contributed by atoms with van der Waals surface area (Å²) < 4.78 is 4.97. The second-order valence-electron chi connectivity index (χ2n) is 14.6. The molecule has 0 bridgehead atoms. The van der Waals surface area contributed by atoms with Crippen LogP contribution in [-0.2, 0) is 0 Å². The van der Waals surface area contributed by atoms with Crippen molar-refractivity contribution in [1.82, 2.24) is 4.57 Å². The first-order chi connectivity index (χ1) is 28.7. The van der Waals surface area contributed by atoms with E-state index in [0.29, 0.717) is 0 Å².